The second-order valence-electron chi connectivity index (χ2n) is 6.73. The predicted molar refractivity (Wildman–Crippen MR) is 102 cm³/mol. The molecule has 0 saturated carbocycles. The summed E-state index contributed by atoms with van der Waals surface area (Å²) in [5.41, 5.74) is 3.42. The van der Waals surface area contributed by atoms with Gasteiger partial charge in [-0.15, -0.1) is 11.3 Å². The van der Waals surface area contributed by atoms with Crippen molar-refractivity contribution in [2.24, 2.45) is 0 Å². The lowest BCUT2D eigenvalue weighted by Crippen LogP contribution is -2.45. The van der Waals surface area contributed by atoms with Crippen LogP contribution in [0.1, 0.15) is 29.7 Å². The highest BCUT2D eigenvalue weighted by Crippen LogP contribution is 2.15. The molecule has 0 N–H and O–H groups in total. The van der Waals surface area contributed by atoms with Gasteiger partial charge in [0.15, 0.2) is 0 Å². The van der Waals surface area contributed by atoms with Crippen LogP contribution in [0.4, 0.5) is 0 Å². The van der Waals surface area contributed by atoms with Gasteiger partial charge in [0, 0.05) is 57.0 Å². The van der Waals surface area contributed by atoms with Crippen molar-refractivity contribution in [3.63, 3.8) is 0 Å². The molecule has 4 heterocycles. The number of aryl methyl sites for hydroxylation is 1. The number of thiazole rings is 1. The van der Waals surface area contributed by atoms with Crippen LogP contribution < -0.4 is 0 Å². The molecule has 25 heavy (non-hydrogen) atoms. The first-order valence-electron chi connectivity index (χ1n) is 9.11. The van der Waals surface area contributed by atoms with Crippen molar-refractivity contribution < 1.29 is 0 Å². The van der Waals surface area contributed by atoms with Gasteiger partial charge in [-0.1, -0.05) is 13.0 Å². The molecule has 6 heteroatoms. The highest BCUT2D eigenvalue weighted by Gasteiger charge is 2.18. The summed E-state index contributed by atoms with van der Waals surface area (Å²) >= 11 is 1.81. The van der Waals surface area contributed by atoms with Gasteiger partial charge in [0.1, 0.15) is 5.65 Å². The van der Waals surface area contributed by atoms with E-state index in [1.54, 1.807) is 0 Å². The van der Waals surface area contributed by atoms with Crippen molar-refractivity contribution in [1.29, 1.82) is 0 Å². The van der Waals surface area contributed by atoms with E-state index >= 15 is 0 Å². The van der Waals surface area contributed by atoms with Gasteiger partial charge in [0.05, 0.1) is 16.4 Å². The molecule has 0 aromatic carbocycles. The van der Waals surface area contributed by atoms with Gasteiger partial charge in [-0.3, -0.25) is 9.80 Å². The SMILES string of the molecule is CCCc1nc(CN2CCN(Cc3cn4ccccc4n3)CC2)cs1. The fourth-order valence-electron chi connectivity index (χ4n) is 3.38. The van der Waals surface area contributed by atoms with Crippen LogP contribution in [0.3, 0.4) is 0 Å². The third kappa shape index (κ3) is 4.08. The van der Waals surface area contributed by atoms with Crippen LogP contribution in [0.2, 0.25) is 0 Å². The fourth-order valence-corrected chi connectivity index (χ4v) is 4.27. The summed E-state index contributed by atoms with van der Waals surface area (Å²) in [4.78, 5) is 14.5. The minimum atomic E-state index is 0.937. The Bertz CT molecular complexity index is 783. The van der Waals surface area contributed by atoms with Crippen molar-refractivity contribution in [3.8, 4) is 0 Å². The van der Waals surface area contributed by atoms with Gasteiger partial charge in [0.25, 0.3) is 0 Å². The van der Waals surface area contributed by atoms with Gasteiger partial charge >= 0.3 is 0 Å². The smallest absolute Gasteiger partial charge is 0.137 e. The normalized spacial score (nSPS) is 16.7. The third-order valence-electron chi connectivity index (χ3n) is 4.71. The van der Waals surface area contributed by atoms with Gasteiger partial charge in [-0.25, -0.2) is 9.97 Å². The van der Waals surface area contributed by atoms with E-state index < -0.39 is 0 Å². The molecule has 0 spiro atoms. The number of imidazole rings is 1. The Labute approximate surface area is 152 Å². The van der Waals surface area contributed by atoms with Gasteiger partial charge in [-0.2, -0.15) is 0 Å². The van der Waals surface area contributed by atoms with E-state index in [9.17, 15) is 0 Å². The Hall–Kier alpha value is -1.76. The van der Waals surface area contributed by atoms with E-state index in [1.807, 2.05) is 23.5 Å². The first kappa shape index (κ1) is 16.7. The Morgan fingerprint density at radius 3 is 2.48 bits per heavy atom. The molecule has 0 radical (unpaired) electrons. The summed E-state index contributed by atoms with van der Waals surface area (Å²) < 4.78 is 2.10. The maximum absolute atomic E-state index is 4.76. The summed E-state index contributed by atoms with van der Waals surface area (Å²) in [6.45, 7) is 8.54. The Kier molecular flexibility index (Phi) is 5.10. The van der Waals surface area contributed by atoms with Crippen molar-refractivity contribution >= 4 is 17.0 Å². The minimum absolute atomic E-state index is 0.937. The fraction of sp³-hybridized carbons (Fsp3) is 0.474. The van der Waals surface area contributed by atoms with E-state index in [-0.39, 0.29) is 0 Å². The maximum atomic E-state index is 4.76. The molecule has 5 nitrogen and oxygen atoms in total. The molecule has 3 aromatic heterocycles. The van der Waals surface area contributed by atoms with Crippen molar-refractivity contribution in [1.82, 2.24) is 24.2 Å². The van der Waals surface area contributed by atoms with Crippen LogP contribution in [-0.4, -0.2) is 50.3 Å². The quantitative estimate of drug-likeness (QED) is 0.681. The van der Waals surface area contributed by atoms with Crippen LogP contribution >= 0.6 is 11.3 Å². The van der Waals surface area contributed by atoms with E-state index in [0.29, 0.717) is 0 Å². The zero-order valence-electron chi connectivity index (χ0n) is 14.8. The number of rotatable bonds is 6. The topological polar surface area (TPSA) is 36.7 Å². The molecular weight excluding hydrogens is 330 g/mol. The number of pyridine rings is 1. The summed E-state index contributed by atoms with van der Waals surface area (Å²) in [7, 11) is 0. The van der Waals surface area contributed by atoms with Crippen LogP contribution in [0, 0.1) is 0 Å². The number of fused-ring (bicyclic) bond motifs is 1. The van der Waals surface area contributed by atoms with Gasteiger partial charge < -0.3 is 4.40 Å². The summed E-state index contributed by atoms with van der Waals surface area (Å²) in [5.74, 6) is 0. The van der Waals surface area contributed by atoms with Gasteiger partial charge in [0.2, 0.25) is 0 Å². The lowest BCUT2D eigenvalue weighted by atomic mass is 10.3. The molecule has 1 aliphatic heterocycles. The van der Waals surface area contributed by atoms with E-state index in [4.69, 9.17) is 9.97 Å². The second kappa shape index (κ2) is 7.64. The molecule has 1 aliphatic rings. The van der Waals surface area contributed by atoms with Crippen LogP contribution in [-0.2, 0) is 19.5 Å². The molecule has 0 unspecified atom stereocenters. The standard InChI is InChI=1S/C19H25N5S/c1-2-5-19-21-17(15-25-19)13-23-10-8-22(9-11-23)12-16-14-24-7-4-3-6-18(24)20-16/h3-4,6-7,14-15H,2,5,8-13H2,1H3. The highest BCUT2D eigenvalue weighted by molar-refractivity contribution is 7.09. The van der Waals surface area contributed by atoms with E-state index in [1.165, 1.54) is 17.1 Å². The van der Waals surface area contributed by atoms with Crippen LogP contribution in [0.25, 0.3) is 5.65 Å². The Balaban J connectivity index is 1.28. The molecule has 3 aromatic rings. The molecule has 0 bridgehead atoms. The average Bonchev–Trinajstić information content (AvgIpc) is 3.23. The molecule has 1 saturated heterocycles. The molecule has 0 atom stereocenters. The number of hydrogen-bond donors (Lipinski definition) is 0. The molecular formula is C19H25N5S. The van der Waals surface area contributed by atoms with E-state index in [2.05, 4.69) is 45.0 Å². The number of aromatic nitrogens is 3. The third-order valence-corrected chi connectivity index (χ3v) is 5.67. The summed E-state index contributed by atoms with van der Waals surface area (Å²) in [6.07, 6.45) is 6.49. The maximum Gasteiger partial charge on any atom is 0.137 e. The Morgan fingerprint density at radius 2 is 1.76 bits per heavy atom. The lowest BCUT2D eigenvalue weighted by molar-refractivity contribution is 0.120. The van der Waals surface area contributed by atoms with Crippen molar-refractivity contribution in [3.05, 3.63) is 52.4 Å². The molecule has 0 amide bonds. The number of hydrogen-bond acceptors (Lipinski definition) is 5. The first-order chi connectivity index (χ1) is 12.3. The van der Waals surface area contributed by atoms with Crippen molar-refractivity contribution in [2.45, 2.75) is 32.9 Å². The molecule has 4 rings (SSSR count). The zero-order chi connectivity index (χ0) is 17.1. The predicted octanol–water partition coefficient (Wildman–Crippen LogP) is 3.06. The lowest BCUT2D eigenvalue weighted by Gasteiger charge is -2.33. The second-order valence-corrected chi connectivity index (χ2v) is 7.68. The highest BCUT2D eigenvalue weighted by atomic mass is 32.1. The summed E-state index contributed by atoms with van der Waals surface area (Å²) in [5, 5.41) is 3.51. The van der Waals surface area contributed by atoms with Crippen LogP contribution in [0.15, 0.2) is 36.0 Å². The van der Waals surface area contributed by atoms with Crippen LogP contribution in [0.5, 0.6) is 0 Å². The summed E-state index contributed by atoms with van der Waals surface area (Å²) in [6, 6.07) is 6.14. The zero-order valence-corrected chi connectivity index (χ0v) is 15.6. The van der Waals surface area contributed by atoms with Crippen molar-refractivity contribution in [2.75, 3.05) is 26.2 Å². The first-order valence-corrected chi connectivity index (χ1v) is 9.99. The minimum Gasteiger partial charge on any atom is -0.307 e. The largest absolute Gasteiger partial charge is 0.307 e. The van der Waals surface area contributed by atoms with E-state index in [0.717, 1.165) is 57.0 Å². The Morgan fingerprint density at radius 1 is 1.00 bits per heavy atom. The number of piperazine rings is 1. The molecule has 1 fully saturated rings. The number of nitrogens with zero attached hydrogens (tertiary/aromatic N) is 5. The molecule has 0 aliphatic carbocycles. The van der Waals surface area contributed by atoms with Gasteiger partial charge in [-0.05, 0) is 25.0 Å². The average molecular weight is 356 g/mol. The molecule has 132 valence electrons. The monoisotopic (exact) mass is 355 g/mol.